The molecule has 0 fully saturated rings. The number of benzene rings is 1. The summed E-state index contributed by atoms with van der Waals surface area (Å²) in [5.74, 6) is -0.817. The number of hydrogen-bond donors (Lipinski definition) is 2. The van der Waals surface area contributed by atoms with Crippen molar-refractivity contribution in [1.29, 1.82) is 0 Å². The summed E-state index contributed by atoms with van der Waals surface area (Å²) in [4.78, 5) is 21.9. The van der Waals surface area contributed by atoms with Crippen LogP contribution in [0.2, 0.25) is 0 Å². The normalized spacial score (nSPS) is 18.7. The van der Waals surface area contributed by atoms with E-state index < -0.39 is 12.1 Å². The summed E-state index contributed by atoms with van der Waals surface area (Å²) < 4.78 is 5.27. The van der Waals surface area contributed by atoms with Gasteiger partial charge in [-0.2, -0.15) is 0 Å². The Balaban J connectivity index is 2.41. The first-order valence-electron chi connectivity index (χ1n) is 4.43. The van der Waals surface area contributed by atoms with Crippen LogP contribution < -0.4 is 10.1 Å². The number of carbonyl (C=O) groups excluding carboxylic acids is 1. The lowest BCUT2D eigenvalue weighted by atomic mass is 10.1. The molecule has 1 aliphatic rings. The second-order valence-electron chi connectivity index (χ2n) is 3.27. The second-order valence-corrected chi connectivity index (χ2v) is 3.27. The summed E-state index contributed by atoms with van der Waals surface area (Å²) >= 11 is 0. The first-order valence-corrected chi connectivity index (χ1v) is 4.43. The molecular weight excluding hydrogens is 198 g/mol. The van der Waals surface area contributed by atoms with Gasteiger partial charge in [0.1, 0.15) is 5.75 Å². The van der Waals surface area contributed by atoms with E-state index in [2.05, 4.69) is 5.32 Å². The van der Waals surface area contributed by atoms with Crippen molar-refractivity contribution in [1.82, 2.24) is 0 Å². The largest absolute Gasteiger partial charge is 0.479 e. The number of nitrogens with one attached hydrogen (secondary N) is 1. The van der Waals surface area contributed by atoms with Crippen molar-refractivity contribution in [2.75, 3.05) is 5.32 Å². The fourth-order valence-corrected chi connectivity index (χ4v) is 1.34. The van der Waals surface area contributed by atoms with Gasteiger partial charge < -0.3 is 15.2 Å². The monoisotopic (exact) mass is 207 g/mol. The molecule has 0 saturated carbocycles. The predicted molar refractivity (Wildman–Crippen MR) is 52.1 cm³/mol. The molecule has 0 aromatic heterocycles. The summed E-state index contributed by atoms with van der Waals surface area (Å²) in [6, 6.07) is 4.35. The summed E-state index contributed by atoms with van der Waals surface area (Å²) in [6.45, 7) is 1.63. The molecule has 1 heterocycles. The highest BCUT2D eigenvalue weighted by atomic mass is 16.5. The number of ether oxygens (including phenoxy) is 1. The van der Waals surface area contributed by atoms with Gasteiger partial charge in [-0.1, -0.05) is 0 Å². The van der Waals surface area contributed by atoms with E-state index in [9.17, 15) is 9.59 Å². The van der Waals surface area contributed by atoms with E-state index in [1.807, 2.05) is 0 Å². The van der Waals surface area contributed by atoms with Gasteiger partial charge in [-0.25, -0.2) is 4.79 Å². The third-order valence-electron chi connectivity index (χ3n) is 2.16. The third kappa shape index (κ3) is 1.63. The highest BCUT2D eigenvalue weighted by molar-refractivity contribution is 5.99. The number of aromatic carboxylic acids is 1. The van der Waals surface area contributed by atoms with E-state index in [1.165, 1.54) is 18.2 Å². The summed E-state index contributed by atoms with van der Waals surface area (Å²) in [6.07, 6.45) is -0.548. The van der Waals surface area contributed by atoms with Crippen LogP contribution >= 0.6 is 0 Å². The Kier molecular flexibility index (Phi) is 2.07. The Hall–Kier alpha value is -2.04. The quantitative estimate of drug-likeness (QED) is 0.723. The number of rotatable bonds is 1. The second kappa shape index (κ2) is 3.27. The van der Waals surface area contributed by atoms with Crippen molar-refractivity contribution >= 4 is 17.6 Å². The van der Waals surface area contributed by atoms with Gasteiger partial charge >= 0.3 is 5.97 Å². The number of fused-ring (bicyclic) bond motifs is 1. The zero-order valence-electron chi connectivity index (χ0n) is 7.98. The number of carboxylic acids is 1. The van der Waals surface area contributed by atoms with Crippen molar-refractivity contribution in [3.05, 3.63) is 23.8 Å². The maximum Gasteiger partial charge on any atom is 0.335 e. The van der Waals surface area contributed by atoms with Crippen LogP contribution in [-0.2, 0) is 4.79 Å². The molecule has 0 aliphatic carbocycles. The Morgan fingerprint density at radius 3 is 2.93 bits per heavy atom. The molecule has 1 aromatic carbocycles. The molecule has 1 atom stereocenters. The summed E-state index contributed by atoms with van der Waals surface area (Å²) in [7, 11) is 0. The van der Waals surface area contributed by atoms with Gasteiger partial charge in [0, 0.05) is 0 Å². The molecule has 15 heavy (non-hydrogen) atoms. The number of carbonyl (C=O) groups is 2. The average Bonchev–Trinajstić information content (AvgIpc) is 2.19. The summed E-state index contributed by atoms with van der Waals surface area (Å²) in [5, 5.41) is 11.3. The molecule has 1 aliphatic heterocycles. The molecule has 0 bridgehead atoms. The molecule has 5 heteroatoms. The van der Waals surface area contributed by atoms with Crippen LogP contribution in [0.1, 0.15) is 17.3 Å². The van der Waals surface area contributed by atoms with Crippen LogP contribution in [0.3, 0.4) is 0 Å². The van der Waals surface area contributed by atoms with Crippen LogP contribution in [-0.4, -0.2) is 23.1 Å². The van der Waals surface area contributed by atoms with Gasteiger partial charge in [0.25, 0.3) is 5.91 Å². The average molecular weight is 207 g/mol. The minimum Gasteiger partial charge on any atom is -0.479 e. The lowest BCUT2D eigenvalue weighted by Gasteiger charge is -2.23. The van der Waals surface area contributed by atoms with Gasteiger partial charge in [-0.3, -0.25) is 4.79 Å². The number of anilines is 1. The number of amides is 1. The smallest absolute Gasteiger partial charge is 0.335 e. The van der Waals surface area contributed by atoms with E-state index >= 15 is 0 Å². The van der Waals surface area contributed by atoms with Crippen LogP contribution in [0.25, 0.3) is 0 Å². The van der Waals surface area contributed by atoms with E-state index in [4.69, 9.17) is 9.84 Å². The first kappa shape index (κ1) is 9.51. The van der Waals surface area contributed by atoms with Gasteiger partial charge in [0.15, 0.2) is 6.10 Å². The number of hydrogen-bond acceptors (Lipinski definition) is 3. The molecule has 1 amide bonds. The lowest BCUT2D eigenvalue weighted by Crippen LogP contribution is -2.34. The Morgan fingerprint density at radius 1 is 1.53 bits per heavy atom. The SMILES string of the molecule is C[C@H]1Oc2ccc(C(=O)O)cc2NC1=O. The van der Waals surface area contributed by atoms with E-state index in [-0.39, 0.29) is 11.5 Å². The maximum atomic E-state index is 11.3. The fraction of sp³-hybridized carbons (Fsp3) is 0.200. The maximum absolute atomic E-state index is 11.3. The van der Waals surface area contributed by atoms with E-state index in [0.717, 1.165) is 0 Å². The zero-order chi connectivity index (χ0) is 11.0. The van der Waals surface area contributed by atoms with Crippen LogP contribution in [0.4, 0.5) is 5.69 Å². The molecule has 0 unspecified atom stereocenters. The molecule has 2 rings (SSSR count). The molecule has 0 radical (unpaired) electrons. The highest BCUT2D eigenvalue weighted by Gasteiger charge is 2.23. The van der Waals surface area contributed by atoms with Gasteiger partial charge in [0.05, 0.1) is 11.3 Å². The van der Waals surface area contributed by atoms with E-state index in [0.29, 0.717) is 11.4 Å². The molecule has 5 nitrogen and oxygen atoms in total. The fourth-order valence-electron chi connectivity index (χ4n) is 1.34. The molecule has 0 saturated heterocycles. The molecule has 78 valence electrons. The Morgan fingerprint density at radius 2 is 2.27 bits per heavy atom. The summed E-state index contributed by atoms with van der Waals surface area (Å²) in [5.41, 5.74) is 0.519. The Labute approximate surface area is 85.7 Å². The topological polar surface area (TPSA) is 75.6 Å². The zero-order valence-corrected chi connectivity index (χ0v) is 7.98. The van der Waals surface area contributed by atoms with Gasteiger partial charge in [0.2, 0.25) is 0 Å². The number of carboxylic acid groups (broad SMARTS) is 1. The minimum atomic E-state index is -1.04. The van der Waals surface area contributed by atoms with Crippen molar-refractivity contribution < 1.29 is 19.4 Å². The molecular formula is C10H9NO4. The first-order chi connectivity index (χ1) is 7.08. The third-order valence-corrected chi connectivity index (χ3v) is 2.16. The van der Waals surface area contributed by atoms with Gasteiger partial charge in [-0.05, 0) is 25.1 Å². The van der Waals surface area contributed by atoms with Gasteiger partial charge in [-0.15, -0.1) is 0 Å². The van der Waals surface area contributed by atoms with Crippen LogP contribution in [0.5, 0.6) is 5.75 Å². The van der Waals surface area contributed by atoms with Crippen LogP contribution in [0, 0.1) is 0 Å². The van der Waals surface area contributed by atoms with Crippen LogP contribution in [0.15, 0.2) is 18.2 Å². The van der Waals surface area contributed by atoms with Crippen molar-refractivity contribution in [2.45, 2.75) is 13.0 Å². The minimum absolute atomic E-state index is 0.118. The van der Waals surface area contributed by atoms with Crippen molar-refractivity contribution in [3.8, 4) is 5.75 Å². The molecule has 2 N–H and O–H groups in total. The Bertz CT molecular complexity index is 441. The highest BCUT2D eigenvalue weighted by Crippen LogP contribution is 2.30. The van der Waals surface area contributed by atoms with Crippen molar-refractivity contribution in [3.63, 3.8) is 0 Å². The van der Waals surface area contributed by atoms with Crippen molar-refractivity contribution in [2.24, 2.45) is 0 Å². The predicted octanol–water partition coefficient (Wildman–Crippen LogP) is 1.10. The lowest BCUT2D eigenvalue weighted by molar-refractivity contribution is -0.122. The molecule has 0 spiro atoms. The van der Waals surface area contributed by atoms with E-state index in [1.54, 1.807) is 6.92 Å². The standard InChI is InChI=1S/C10H9NO4/c1-5-9(12)11-7-4-6(10(13)14)2-3-8(7)15-5/h2-5H,1H3,(H,11,12)(H,13,14)/t5-/m1/s1. The molecule has 1 aromatic rings.